The van der Waals surface area contributed by atoms with Crippen molar-refractivity contribution in [3.63, 3.8) is 0 Å². The van der Waals surface area contributed by atoms with Gasteiger partial charge >= 0.3 is 5.97 Å². The summed E-state index contributed by atoms with van der Waals surface area (Å²) >= 11 is 1.44. The predicted octanol–water partition coefficient (Wildman–Crippen LogP) is 2.67. The van der Waals surface area contributed by atoms with Crippen molar-refractivity contribution in [2.45, 2.75) is 0 Å². The highest BCUT2D eigenvalue weighted by Crippen LogP contribution is 2.35. The Hall–Kier alpha value is -2.08. The Morgan fingerprint density at radius 3 is 2.65 bits per heavy atom. The number of ether oxygens (including phenoxy) is 2. The zero-order valence-corrected chi connectivity index (χ0v) is 12.7. The van der Waals surface area contributed by atoms with Gasteiger partial charge in [0.25, 0.3) is 0 Å². The van der Waals surface area contributed by atoms with E-state index in [1.54, 1.807) is 7.11 Å². The fourth-order valence-electron chi connectivity index (χ4n) is 1.70. The molecule has 0 aliphatic carbocycles. The summed E-state index contributed by atoms with van der Waals surface area (Å²) < 4.78 is 10.0. The molecule has 1 aromatic heterocycles. The van der Waals surface area contributed by atoms with Gasteiger partial charge in [-0.2, -0.15) is 0 Å². The van der Waals surface area contributed by atoms with E-state index in [2.05, 4.69) is 4.98 Å². The van der Waals surface area contributed by atoms with Crippen LogP contribution in [0.3, 0.4) is 0 Å². The maximum Gasteiger partial charge on any atom is 0.358 e. The van der Waals surface area contributed by atoms with Crippen LogP contribution in [0.5, 0.6) is 5.75 Å². The lowest BCUT2D eigenvalue weighted by Crippen LogP contribution is -2.09. The van der Waals surface area contributed by atoms with Crippen molar-refractivity contribution in [1.29, 1.82) is 0 Å². The Labute approximate surface area is 121 Å². The fraction of sp³-hybridized carbons (Fsp3) is 0.286. The normalized spacial score (nSPS) is 10.2. The first-order chi connectivity index (χ1) is 9.56. The summed E-state index contributed by atoms with van der Waals surface area (Å²) in [5, 5.41) is 0.753. The number of rotatable bonds is 4. The summed E-state index contributed by atoms with van der Waals surface area (Å²) in [6.07, 6.45) is 0. The molecule has 0 aliphatic rings. The zero-order chi connectivity index (χ0) is 14.7. The van der Waals surface area contributed by atoms with Gasteiger partial charge in [-0.1, -0.05) is 23.5 Å². The van der Waals surface area contributed by atoms with Gasteiger partial charge in [-0.05, 0) is 17.7 Å². The number of anilines is 1. The smallest absolute Gasteiger partial charge is 0.358 e. The summed E-state index contributed by atoms with van der Waals surface area (Å²) in [7, 11) is 6.73. The lowest BCUT2D eigenvalue weighted by Gasteiger charge is -2.05. The van der Waals surface area contributed by atoms with E-state index in [4.69, 9.17) is 9.47 Å². The number of esters is 1. The van der Waals surface area contributed by atoms with Crippen molar-refractivity contribution < 1.29 is 14.3 Å². The molecule has 106 valence electrons. The lowest BCUT2D eigenvalue weighted by atomic mass is 10.1. The Balaban J connectivity index is 2.55. The molecule has 0 atom stereocenters. The molecule has 20 heavy (non-hydrogen) atoms. The van der Waals surface area contributed by atoms with E-state index >= 15 is 0 Å². The fourth-order valence-corrected chi connectivity index (χ4v) is 2.67. The third-order valence-corrected chi connectivity index (χ3v) is 3.98. The number of nitrogens with zero attached hydrogens (tertiary/aromatic N) is 2. The number of hydrogen-bond donors (Lipinski definition) is 0. The summed E-state index contributed by atoms with van der Waals surface area (Å²) in [6.45, 7) is 0. The first-order valence-electron chi connectivity index (χ1n) is 5.97. The van der Waals surface area contributed by atoms with Gasteiger partial charge in [0.2, 0.25) is 0 Å². The lowest BCUT2D eigenvalue weighted by molar-refractivity contribution is 0.0596. The van der Waals surface area contributed by atoms with Gasteiger partial charge < -0.3 is 14.4 Å². The number of hydrogen-bond acceptors (Lipinski definition) is 6. The van der Waals surface area contributed by atoms with Crippen LogP contribution < -0.4 is 9.64 Å². The number of methoxy groups -OCH3 is 2. The van der Waals surface area contributed by atoms with E-state index in [0.717, 1.165) is 21.3 Å². The minimum absolute atomic E-state index is 0.328. The number of thiazole rings is 1. The van der Waals surface area contributed by atoms with Crippen molar-refractivity contribution in [2.24, 2.45) is 0 Å². The van der Waals surface area contributed by atoms with Crippen LogP contribution >= 0.6 is 11.3 Å². The second-order valence-electron chi connectivity index (χ2n) is 4.29. The van der Waals surface area contributed by atoms with Gasteiger partial charge in [0.1, 0.15) is 5.75 Å². The van der Waals surface area contributed by atoms with Gasteiger partial charge in [0.05, 0.1) is 19.1 Å². The number of benzene rings is 1. The molecule has 0 bridgehead atoms. The van der Waals surface area contributed by atoms with E-state index in [-0.39, 0.29) is 0 Å². The van der Waals surface area contributed by atoms with E-state index in [1.165, 1.54) is 18.4 Å². The molecular weight excluding hydrogens is 276 g/mol. The molecule has 0 saturated carbocycles. The maximum absolute atomic E-state index is 11.9. The molecule has 6 heteroatoms. The molecule has 0 aliphatic heterocycles. The van der Waals surface area contributed by atoms with E-state index in [9.17, 15) is 4.79 Å². The Bertz CT molecular complexity index is 623. The highest BCUT2D eigenvalue weighted by molar-refractivity contribution is 7.19. The van der Waals surface area contributed by atoms with Crippen LogP contribution in [-0.2, 0) is 4.74 Å². The van der Waals surface area contributed by atoms with E-state index in [1.807, 2.05) is 43.3 Å². The number of carbonyl (C=O) groups is 1. The molecule has 2 rings (SSSR count). The molecule has 0 N–H and O–H groups in total. The highest BCUT2D eigenvalue weighted by Gasteiger charge is 2.21. The monoisotopic (exact) mass is 292 g/mol. The SMILES string of the molecule is COC(=O)c1nc(N(C)C)sc1-c1cccc(OC)c1. The third-order valence-electron chi connectivity index (χ3n) is 2.71. The van der Waals surface area contributed by atoms with E-state index in [0.29, 0.717) is 5.69 Å². The molecule has 1 heterocycles. The van der Waals surface area contributed by atoms with Gasteiger partial charge in [-0.3, -0.25) is 0 Å². The molecule has 5 nitrogen and oxygen atoms in total. The van der Waals surface area contributed by atoms with Gasteiger partial charge in [0.15, 0.2) is 10.8 Å². The number of carbonyl (C=O) groups excluding carboxylic acids is 1. The maximum atomic E-state index is 11.9. The van der Waals surface area contributed by atoms with E-state index < -0.39 is 5.97 Å². The molecule has 1 aromatic carbocycles. The van der Waals surface area contributed by atoms with Gasteiger partial charge in [-0.25, -0.2) is 9.78 Å². The summed E-state index contributed by atoms with van der Waals surface area (Å²) in [5.41, 5.74) is 1.21. The van der Waals surface area contributed by atoms with Crippen LogP contribution in [0.4, 0.5) is 5.13 Å². The molecule has 0 unspecified atom stereocenters. The van der Waals surface area contributed by atoms with Crippen LogP contribution in [0.15, 0.2) is 24.3 Å². The summed E-state index contributed by atoms with van der Waals surface area (Å²) in [6, 6.07) is 7.53. The first-order valence-corrected chi connectivity index (χ1v) is 6.79. The molecule has 0 radical (unpaired) electrons. The minimum Gasteiger partial charge on any atom is -0.497 e. The second kappa shape index (κ2) is 5.92. The van der Waals surface area contributed by atoms with Crippen LogP contribution in [0, 0.1) is 0 Å². The Morgan fingerprint density at radius 1 is 1.30 bits per heavy atom. The van der Waals surface area contributed by atoms with Gasteiger partial charge in [0, 0.05) is 14.1 Å². The standard InChI is InChI=1S/C14H16N2O3S/c1-16(2)14-15-11(13(17)19-4)12(20-14)9-6-5-7-10(8-9)18-3/h5-8H,1-4H3. The predicted molar refractivity (Wildman–Crippen MR) is 79.8 cm³/mol. The minimum atomic E-state index is -0.438. The highest BCUT2D eigenvalue weighted by atomic mass is 32.1. The van der Waals surface area contributed by atoms with Crippen molar-refractivity contribution in [1.82, 2.24) is 4.98 Å². The molecule has 0 spiro atoms. The average molecular weight is 292 g/mol. The summed E-state index contributed by atoms with van der Waals surface area (Å²) in [5.74, 6) is 0.297. The quantitative estimate of drug-likeness (QED) is 0.811. The number of aromatic nitrogens is 1. The van der Waals surface area contributed by atoms with Crippen molar-refractivity contribution >= 4 is 22.4 Å². The van der Waals surface area contributed by atoms with Crippen LogP contribution in [0.25, 0.3) is 10.4 Å². The Morgan fingerprint density at radius 2 is 2.05 bits per heavy atom. The second-order valence-corrected chi connectivity index (χ2v) is 5.27. The summed E-state index contributed by atoms with van der Waals surface area (Å²) in [4.78, 5) is 18.9. The topological polar surface area (TPSA) is 51.7 Å². The van der Waals surface area contributed by atoms with Crippen LogP contribution in [0.1, 0.15) is 10.5 Å². The third kappa shape index (κ3) is 2.75. The molecule has 0 saturated heterocycles. The first kappa shape index (κ1) is 14.3. The molecular formula is C14H16N2O3S. The molecule has 2 aromatic rings. The molecule has 0 fully saturated rings. The Kier molecular flexibility index (Phi) is 4.24. The van der Waals surface area contributed by atoms with Crippen LogP contribution in [0.2, 0.25) is 0 Å². The molecule has 0 amide bonds. The largest absolute Gasteiger partial charge is 0.497 e. The average Bonchev–Trinajstić information content (AvgIpc) is 2.92. The van der Waals surface area contributed by atoms with Crippen molar-refractivity contribution in [2.75, 3.05) is 33.2 Å². The van der Waals surface area contributed by atoms with Crippen molar-refractivity contribution in [3.8, 4) is 16.2 Å². The zero-order valence-electron chi connectivity index (χ0n) is 11.8. The van der Waals surface area contributed by atoms with Crippen LogP contribution in [-0.4, -0.2) is 39.3 Å². The van der Waals surface area contributed by atoms with Gasteiger partial charge in [-0.15, -0.1) is 0 Å². The van der Waals surface area contributed by atoms with Crippen molar-refractivity contribution in [3.05, 3.63) is 30.0 Å².